The molecule has 1 aromatic carbocycles. The van der Waals surface area contributed by atoms with E-state index in [1.807, 2.05) is 12.1 Å². The van der Waals surface area contributed by atoms with Crippen LogP contribution in [-0.4, -0.2) is 6.54 Å². The van der Waals surface area contributed by atoms with E-state index in [1.165, 1.54) is 51.4 Å². The summed E-state index contributed by atoms with van der Waals surface area (Å²) in [7, 11) is 0. The SMILES string of the molecule is CCCCCCCCCCNc1cccc(Cl)c1Br. The first-order chi connectivity index (χ1) is 9.25. The summed E-state index contributed by atoms with van der Waals surface area (Å²) in [4.78, 5) is 0. The Kier molecular flexibility index (Phi) is 9.36. The number of benzene rings is 1. The van der Waals surface area contributed by atoms with Crippen molar-refractivity contribution in [3.63, 3.8) is 0 Å². The van der Waals surface area contributed by atoms with E-state index < -0.39 is 0 Å². The second-order valence-electron chi connectivity index (χ2n) is 5.00. The van der Waals surface area contributed by atoms with E-state index in [2.05, 4.69) is 34.2 Å². The van der Waals surface area contributed by atoms with Gasteiger partial charge in [0.25, 0.3) is 0 Å². The topological polar surface area (TPSA) is 12.0 Å². The van der Waals surface area contributed by atoms with Gasteiger partial charge in [-0.25, -0.2) is 0 Å². The van der Waals surface area contributed by atoms with Gasteiger partial charge in [-0.2, -0.15) is 0 Å². The zero-order valence-corrected chi connectivity index (χ0v) is 14.2. The van der Waals surface area contributed by atoms with Crippen LogP contribution in [0.1, 0.15) is 58.3 Å². The van der Waals surface area contributed by atoms with E-state index in [0.717, 1.165) is 21.7 Å². The third-order valence-corrected chi connectivity index (χ3v) is 4.69. The fourth-order valence-electron chi connectivity index (χ4n) is 2.12. The zero-order valence-electron chi connectivity index (χ0n) is 11.9. The summed E-state index contributed by atoms with van der Waals surface area (Å²) < 4.78 is 0.969. The normalized spacial score (nSPS) is 10.7. The average molecular weight is 347 g/mol. The van der Waals surface area contributed by atoms with Crippen LogP contribution in [0, 0.1) is 0 Å². The second-order valence-corrected chi connectivity index (χ2v) is 6.20. The van der Waals surface area contributed by atoms with Gasteiger partial charge in [-0.1, -0.05) is 69.5 Å². The molecule has 0 radical (unpaired) electrons. The highest BCUT2D eigenvalue weighted by Crippen LogP contribution is 2.29. The highest BCUT2D eigenvalue weighted by Gasteiger charge is 2.02. The number of hydrogen-bond acceptors (Lipinski definition) is 1. The first kappa shape index (κ1) is 16.8. The summed E-state index contributed by atoms with van der Waals surface area (Å²) in [5.74, 6) is 0. The van der Waals surface area contributed by atoms with E-state index in [1.54, 1.807) is 0 Å². The van der Waals surface area contributed by atoms with Gasteiger partial charge in [0.1, 0.15) is 0 Å². The molecule has 0 amide bonds. The van der Waals surface area contributed by atoms with Gasteiger partial charge in [0.15, 0.2) is 0 Å². The van der Waals surface area contributed by atoms with Gasteiger partial charge < -0.3 is 5.32 Å². The van der Waals surface area contributed by atoms with Crippen molar-refractivity contribution >= 4 is 33.2 Å². The summed E-state index contributed by atoms with van der Waals surface area (Å²) in [6, 6.07) is 5.93. The van der Waals surface area contributed by atoms with Crippen molar-refractivity contribution < 1.29 is 0 Å². The van der Waals surface area contributed by atoms with Crippen LogP contribution in [-0.2, 0) is 0 Å². The van der Waals surface area contributed by atoms with Crippen LogP contribution in [0.15, 0.2) is 22.7 Å². The Hall–Kier alpha value is -0.210. The molecular formula is C16H25BrClN. The summed E-state index contributed by atoms with van der Waals surface area (Å²) in [5, 5.41) is 4.20. The molecule has 0 aliphatic carbocycles. The van der Waals surface area contributed by atoms with Crippen molar-refractivity contribution in [1.29, 1.82) is 0 Å². The minimum Gasteiger partial charge on any atom is -0.384 e. The van der Waals surface area contributed by atoms with Crippen LogP contribution in [0.25, 0.3) is 0 Å². The minimum atomic E-state index is 0.765. The summed E-state index contributed by atoms with van der Waals surface area (Å²) in [5.41, 5.74) is 1.09. The van der Waals surface area contributed by atoms with Gasteiger partial charge in [0.2, 0.25) is 0 Å². The molecule has 0 bridgehead atoms. The van der Waals surface area contributed by atoms with Gasteiger partial charge in [0, 0.05) is 12.2 Å². The highest BCUT2D eigenvalue weighted by molar-refractivity contribution is 9.10. The molecular weight excluding hydrogens is 322 g/mol. The van der Waals surface area contributed by atoms with Gasteiger partial charge in [-0.15, -0.1) is 0 Å². The van der Waals surface area contributed by atoms with Gasteiger partial charge in [0.05, 0.1) is 9.50 Å². The molecule has 0 atom stereocenters. The molecule has 1 nitrogen and oxygen atoms in total. The van der Waals surface area contributed by atoms with E-state index in [-0.39, 0.29) is 0 Å². The lowest BCUT2D eigenvalue weighted by molar-refractivity contribution is 0.581. The van der Waals surface area contributed by atoms with Crippen LogP contribution < -0.4 is 5.32 Å². The van der Waals surface area contributed by atoms with Crippen LogP contribution >= 0.6 is 27.5 Å². The Labute approximate surface area is 131 Å². The number of rotatable bonds is 10. The van der Waals surface area contributed by atoms with Crippen molar-refractivity contribution in [2.75, 3.05) is 11.9 Å². The molecule has 0 fully saturated rings. The average Bonchev–Trinajstić information content (AvgIpc) is 2.41. The van der Waals surface area contributed by atoms with E-state index in [4.69, 9.17) is 11.6 Å². The predicted molar refractivity (Wildman–Crippen MR) is 90.3 cm³/mol. The molecule has 0 aliphatic rings. The van der Waals surface area contributed by atoms with Crippen molar-refractivity contribution in [1.82, 2.24) is 0 Å². The summed E-state index contributed by atoms with van der Waals surface area (Å²) >= 11 is 9.55. The number of unbranched alkanes of at least 4 members (excludes halogenated alkanes) is 7. The molecule has 1 N–H and O–H groups in total. The fourth-order valence-corrected chi connectivity index (χ4v) is 2.70. The lowest BCUT2D eigenvalue weighted by Gasteiger charge is -2.09. The van der Waals surface area contributed by atoms with Crippen LogP contribution in [0.3, 0.4) is 0 Å². The molecule has 0 spiro atoms. The molecule has 0 aliphatic heterocycles. The molecule has 3 heteroatoms. The lowest BCUT2D eigenvalue weighted by atomic mass is 10.1. The standard InChI is InChI=1S/C16H25BrClN/c1-2-3-4-5-6-7-8-9-13-19-15-12-10-11-14(18)16(15)17/h10-12,19H,2-9,13H2,1H3. The third-order valence-electron chi connectivity index (χ3n) is 3.30. The fraction of sp³-hybridized carbons (Fsp3) is 0.625. The van der Waals surface area contributed by atoms with Gasteiger partial charge in [-0.05, 0) is 34.5 Å². The Morgan fingerprint density at radius 1 is 1.00 bits per heavy atom. The van der Waals surface area contributed by atoms with Crippen molar-refractivity contribution in [3.05, 3.63) is 27.7 Å². The lowest BCUT2D eigenvalue weighted by Crippen LogP contribution is -2.02. The summed E-state index contributed by atoms with van der Waals surface area (Å²) in [6.07, 6.45) is 10.8. The zero-order chi connectivity index (χ0) is 13.9. The van der Waals surface area contributed by atoms with Crippen molar-refractivity contribution in [3.8, 4) is 0 Å². The largest absolute Gasteiger partial charge is 0.384 e. The van der Waals surface area contributed by atoms with Crippen LogP contribution in [0.2, 0.25) is 5.02 Å². The maximum atomic E-state index is 6.05. The molecule has 0 saturated heterocycles. The molecule has 0 heterocycles. The maximum absolute atomic E-state index is 6.05. The quantitative estimate of drug-likeness (QED) is 0.467. The highest BCUT2D eigenvalue weighted by atomic mass is 79.9. The third kappa shape index (κ3) is 7.22. The maximum Gasteiger partial charge on any atom is 0.0593 e. The van der Waals surface area contributed by atoms with Crippen LogP contribution in [0.4, 0.5) is 5.69 Å². The Balaban J connectivity index is 2.03. The first-order valence-electron chi connectivity index (χ1n) is 7.43. The van der Waals surface area contributed by atoms with Gasteiger partial charge in [-0.3, -0.25) is 0 Å². The Morgan fingerprint density at radius 2 is 1.63 bits per heavy atom. The molecule has 0 unspecified atom stereocenters. The van der Waals surface area contributed by atoms with E-state index in [0.29, 0.717) is 0 Å². The molecule has 108 valence electrons. The molecule has 1 aromatic rings. The number of anilines is 1. The smallest absolute Gasteiger partial charge is 0.0593 e. The van der Waals surface area contributed by atoms with E-state index >= 15 is 0 Å². The van der Waals surface area contributed by atoms with Crippen LogP contribution in [0.5, 0.6) is 0 Å². The van der Waals surface area contributed by atoms with E-state index in [9.17, 15) is 0 Å². The number of nitrogens with one attached hydrogen (secondary N) is 1. The predicted octanol–water partition coefficient (Wildman–Crippen LogP) is 6.66. The summed E-state index contributed by atoms with van der Waals surface area (Å²) in [6.45, 7) is 3.29. The number of hydrogen-bond donors (Lipinski definition) is 1. The molecule has 0 saturated carbocycles. The minimum absolute atomic E-state index is 0.765. The molecule has 0 aromatic heterocycles. The second kappa shape index (κ2) is 10.6. The number of halogens is 2. The monoisotopic (exact) mass is 345 g/mol. The Bertz CT molecular complexity index is 355. The molecule has 19 heavy (non-hydrogen) atoms. The van der Waals surface area contributed by atoms with Crippen molar-refractivity contribution in [2.24, 2.45) is 0 Å². The Morgan fingerprint density at radius 3 is 2.32 bits per heavy atom. The van der Waals surface area contributed by atoms with Gasteiger partial charge >= 0.3 is 0 Å². The van der Waals surface area contributed by atoms with Crippen molar-refractivity contribution in [2.45, 2.75) is 58.3 Å². The molecule has 1 rings (SSSR count). The first-order valence-corrected chi connectivity index (χ1v) is 8.60.